The Morgan fingerprint density at radius 3 is 2.37 bits per heavy atom. The quantitative estimate of drug-likeness (QED) is 0.758. The predicted molar refractivity (Wildman–Crippen MR) is 105 cm³/mol. The van der Waals surface area contributed by atoms with Crippen molar-refractivity contribution >= 4 is 44.8 Å². The van der Waals surface area contributed by atoms with Crippen molar-refractivity contribution in [2.24, 2.45) is 0 Å². The average molecular weight is 429 g/mol. The highest BCUT2D eigenvalue weighted by atomic mass is 35.5. The summed E-state index contributed by atoms with van der Waals surface area (Å²) in [5.41, 5.74) is 0.370. The fraction of sp³-hybridized carbons (Fsp3) is 0.278. The van der Waals surface area contributed by atoms with E-state index < -0.39 is 15.9 Å². The van der Waals surface area contributed by atoms with Crippen LogP contribution in [-0.4, -0.2) is 38.3 Å². The maximum absolute atomic E-state index is 12.6. The molecule has 1 amide bonds. The number of hydrogen-bond donors (Lipinski definition) is 1. The molecule has 0 atom stereocenters. The third-order valence-electron chi connectivity index (χ3n) is 4.09. The number of carbonyl (C=O) groups excluding carboxylic acids is 1. The van der Waals surface area contributed by atoms with Gasteiger partial charge in [0.15, 0.2) is 12.4 Å². The van der Waals surface area contributed by atoms with Crippen LogP contribution in [0.4, 0.5) is 5.69 Å². The summed E-state index contributed by atoms with van der Waals surface area (Å²) in [5, 5.41) is 3.22. The first-order valence-corrected chi connectivity index (χ1v) is 10.5. The molecular weight excluding hydrogens is 411 g/mol. The van der Waals surface area contributed by atoms with Crippen molar-refractivity contribution in [2.45, 2.75) is 17.7 Å². The van der Waals surface area contributed by atoms with Crippen molar-refractivity contribution < 1.29 is 17.9 Å². The summed E-state index contributed by atoms with van der Waals surface area (Å²) in [6.07, 6.45) is 1.72. The van der Waals surface area contributed by atoms with E-state index in [0.717, 1.165) is 12.8 Å². The maximum atomic E-state index is 12.6. The van der Waals surface area contributed by atoms with Crippen molar-refractivity contribution in [1.29, 1.82) is 0 Å². The Bertz CT molecular complexity index is 924. The monoisotopic (exact) mass is 428 g/mol. The maximum Gasteiger partial charge on any atom is 0.262 e. The highest BCUT2D eigenvalue weighted by molar-refractivity contribution is 7.89. The number of benzene rings is 2. The lowest BCUT2D eigenvalue weighted by Gasteiger charge is -2.16. The Hall–Kier alpha value is -1.80. The number of rotatable bonds is 6. The summed E-state index contributed by atoms with van der Waals surface area (Å²) in [6, 6.07) is 11.0. The molecule has 1 saturated heterocycles. The second kappa shape index (κ2) is 8.48. The summed E-state index contributed by atoms with van der Waals surface area (Å²) in [7, 11) is -3.55. The molecule has 0 radical (unpaired) electrons. The van der Waals surface area contributed by atoms with Crippen molar-refractivity contribution in [3.8, 4) is 5.75 Å². The number of ether oxygens (including phenoxy) is 1. The van der Waals surface area contributed by atoms with Gasteiger partial charge >= 0.3 is 0 Å². The molecule has 1 aliphatic rings. The molecule has 0 aliphatic carbocycles. The topological polar surface area (TPSA) is 75.7 Å². The number of nitrogens with zero attached hydrogens (tertiary/aromatic N) is 1. The van der Waals surface area contributed by atoms with E-state index >= 15 is 0 Å². The number of anilines is 1. The molecular formula is C18H18Cl2N2O4S. The Balaban J connectivity index is 1.66. The van der Waals surface area contributed by atoms with E-state index in [-0.39, 0.29) is 17.3 Å². The number of para-hydroxylation sites is 1. The smallest absolute Gasteiger partial charge is 0.262 e. The third kappa shape index (κ3) is 4.73. The fourth-order valence-electron chi connectivity index (χ4n) is 2.77. The highest BCUT2D eigenvalue weighted by Crippen LogP contribution is 2.32. The van der Waals surface area contributed by atoms with Gasteiger partial charge in [-0.3, -0.25) is 4.79 Å². The van der Waals surface area contributed by atoms with Gasteiger partial charge < -0.3 is 10.1 Å². The molecule has 1 N–H and O–H groups in total. The van der Waals surface area contributed by atoms with Crippen LogP contribution in [0.3, 0.4) is 0 Å². The number of sulfonamides is 1. The van der Waals surface area contributed by atoms with Crippen LogP contribution in [0.1, 0.15) is 12.8 Å². The molecule has 6 nitrogen and oxygen atoms in total. The van der Waals surface area contributed by atoms with E-state index in [1.54, 1.807) is 30.3 Å². The highest BCUT2D eigenvalue weighted by Gasteiger charge is 2.27. The van der Waals surface area contributed by atoms with Crippen LogP contribution in [-0.2, 0) is 14.8 Å². The average Bonchev–Trinajstić information content (AvgIpc) is 3.17. The normalized spacial score (nSPS) is 14.9. The summed E-state index contributed by atoms with van der Waals surface area (Å²) >= 11 is 12.0. The molecule has 3 rings (SSSR count). The van der Waals surface area contributed by atoms with Crippen LogP contribution in [0.2, 0.25) is 10.0 Å². The SMILES string of the molecule is O=C(COc1c(Cl)cccc1Cl)Nc1cccc(S(=O)(=O)N2CCCC2)c1. The van der Waals surface area contributed by atoms with Crippen LogP contribution in [0.25, 0.3) is 0 Å². The molecule has 0 spiro atoms. The third-order valence-corrected chi connectivity index (χ3v) is 6.58. The largest absolute Gasteiger partial charge is 0.481 e. The molecule has 1 aliphatic heterocycles. The molecule has 0 bridgehead atoms. The molecule has 0 unspecified atom stereocenters. The van der Waals surface area contributed by atoms with Gasteiger partial charge in [-0.05, 0) is 43.2 Å². The van der Waals surface area contributed by atoms with Crippen molar-refractivity contribution in [2.75, 3.05) is 25.0 Å². The second-order valence-corrected chi connectivity index (χ2v) is 8.78. The van der Waals surface area contributed by atoms with Crippen molar-refractivity contribution in [3.05, 3.63) is 52.5 Å². The Morgan fingerprint density at radius 2 is 1.70 bits per heavy atom. The number of nitrogens with one attached hydrogen (secondary N) is 1. The van der Waals surface area contributed by atoms with Gasteiger partial charge in [-0.2, -0.15) is 4.31 Å². The molecule has 144 valence electrons. The molecule has 27 heavy (non-hydrogen) atoms. The van der Waals surface area contributed by atoms with Crippen LogP contribution >= 0.6 is 23.2 Å². The second-order valence-electron chi connectivity index (χ2n) is 6.03. The van der Waals surface area contributed by atoms with Gasteiger partial charge in [0.1, 0.15) is 0 Å². The van der Waals surface area contributed by atoms with E-state index in [1.165, 1.54) is 16.4 Å². The summed E-state index contributed by atoms with van der Waals surface area (Å²) in [5.74, 6) is -0.233. The van der Waals surface area contributed by atoms with Gasteiger partial charge in [0, 0.05) is 18.8 Å². The zero-order valence-corrected chi connectivity index (χ0v) is 16.6. The number of halogens is 2. The van der Waals surface area contributed by atoms with Crippen molar-refractivity contribution in [1.82, 2.24) is 4.31 Å². The summed E-state index contributed by atoms with van der Waals surface area (Å²) < 4.78 is 32.1. The lowest BCUT2D eigenvalue weighted by molar-refractivity contribution is -0.118. The minimum atomic E-state index is -3.55. The first kappa shape index (κ1) is 19.9. The van der Waals surface area contributed by atoms with E-state index in [2.05, 4.69) is 5.32 Å². The van der Waals surface area contributed by atoms with Gasteiger partial charge in [-0.1, -0.05) is 35.3 Å². The number of amides is 1. The van der Waals surface area contributed by atoms with Crippen LogP contribution in [0.5, 0.6) is 5.75 Å². The van der Waals surface area contributed by atoms with E-state index in [9.17, 15) is 13.2 Å². The Labute approximate surface area is 168 Å². The van der Waals surface area contributed by atoms with E-state index in [4.69, 9.17) is 27.9 Å². The van der Waals surface area contributed by atoms with Gasteiger partial charge in [0.25, 0.3) is 5.91 Å². The summed E-state index contributed by atoms with van der Waals surface area (Å²) in [6.45, 7) is 0.725. The molecule has 0 saturated carbocycles. The Morgan fingerprint density at radius 1 is 1.07 bits per heavy atom. The number of hydrogen-bond acceptors (Lipinski definition) is 4. The number of carbonyl (C=O) groups is 1. The standard InChI is InChI=1S/C18H18Cl2N2O4S/c19-15-7-4-8-16(20)18(15)26-12-17(23)21-13-5-3-6-14(11-13)27(24,25)22-9-1-2-10-22/h3-8,11H,1-2,9-10,12H2,(H,21,23). The van der Waals surface area contributed by atoms with Crippen LogP contribution in [0.15, 0.2) is 47.4 Å². The molecule has 0 aromatic heterocycles. The Kier molecular flexibility index (Phi) is 6.26. The van der Waals surface area contributed by atoms with Crippen molar-refractivity contribution in [3.63, 3.8) is 0 Å². The summed E-state index contributed by atoms with van der Waals surface area (Å²) in [4.78, 5) is 12.3. The van der Waals surface area contributed by atoms with E-state index in [0.29, 0.717) is 28.8 Å². The van der Waals surface area contributed by atoms with E-state index in [1.807, 2.05) is 0 Å². The fourth-order valence-corrected chi connectivity index (χ4v) is 4.84. The van der Waals surface area contributed by atoms with Gasteiger partial charge in [-0.15, -0.1) is 0 Å². The first-order valence-electron chi connectivity index (χ1n) is 8.35. The lowest BCUT2D eigenvalue weighted by atomic mass is 10.3. The van der Waals surface area contributed by atoms with Gasteiger partial charge in [-0.25, -0.2) is 8.42 Å². The zero-order valence-electron chi connectivity index (χ0n) is 14.3. The molecule has 9 heteroatoms. The molecule has 2 aromatic rings. The van der Waals surface area contributed by atoms with Gasteiger partial charge in [0.2, 0.25) is 10.0 Å². The molecule has 2 aromatic carbocycles. The first-order chi connectivity index (χ1) is 12.9. The minimum Gasteiger partial charge on any atom is -0.481 e. The zero-order chi connectivity index (χ0) is 19.4. The van der Waals surface area contributed by atoms with Crippen LogP contribution in [0, 0.1) is 0 Å². The molecule has 1 fully saturated rings. The predicted octanol–water partition coefficient (Wildman–Crippen LogP) is 3.80. The van der Waals surface area contributed by atoms with Crippen LogP contribution < -0.4 is 10.1 Å². The lowest BCUT2D eigenvalue weighted by Crippen LogP contribution is -2.28. The molecule has 1 heterocycles. The van der Waals surface area contributed by atoms with Gasteiger partial charge in [0.05, 0.1) is 14.9 Å². The minimum absolute atomic E-state index is 0.150.